The lowest BCUT2D eigenvalue weighted by atomic mass is 10.2. The molecule has 0 saturated carbocycles. The summed E-state index contributed by atoms with van der Waals surface area (Å²) in [6.45, 7) is 1.53. The van der Waals surface area contributed by atoms with E-state index in [-0.39, 0.29) is 35.0 Å². The van der Waals surface area contributed by atoms with Gasteiger partial charge in [-0.2, -0.15) is 4.99 Å². The predicted molar refractivity (Wildman–Crippen MR) is 146 cm³/mol. The van der Waals surface area contributed by atoms with Crippen LogP contribution in [-0.4, -0.2) is 50.7 Å². The van der Waals surface area contributed by atoms with Crippen LogP contribution in [0, 0.1) is 12.7 Å². The van der Waals surface area contributed by atoms with Gasteiger partial charge in [0.1, 0.15) is 23.6 Å². The molecule has 5 rings (SSSR count). The third-order valence-corrected chi connectivity index (χ3v) is 6.63. The molecule has 0 unspecified atom stereocenters. The highest BCUT2D eigenvalue weighted by Crippen LogP contribution is 2.30. The molecule has 2 heterocycles. The highest BCUT2D eigenvalue weighted by molar-refractivity contribution is 8.15. The number of amidine groups is 1. The Bertz CT molecular complexity index is 1640. The van der Waals surface area contributed by atoms with E-state index in [0.717, 1.165) is 22.2 Å². The van der Waals surface area contributed by atoms with Gasteiger partial charge in [0.15, 0.2) is 17.7 Å². The van der Waals surface area contributed by atoms with Gasteiger partial charge in [0.2, 0.25) is 5.91 Å². The Labute approximate surface area is 240 Å². The quantitative estimate of drug-likeness (QED) is 0.222. The lowest BCUT2D eigenvalue weighted by molar-refractivity contribution is -0.274. The van der Waals surface area contributed by atoms with Crippen LogP contribution in [0.5, 0.6) is 11.5 Å². The average Bonchev–Trinajstić information content (AvgIpc) is 3.57. The number of aromatic nitrogens is 3. The Morgan fingerprint density at radius 1 is 1.07 bits per heavy atom. The SMILES string of the molecule is Cc1ccc(F)c(N2C(=O)CSC2=NC(=O)NCOc2ccc(-c3ncn(-c4ccc(OC(F)(F)F)cc4)n3)cc2)c1. The molecular formula is C27H20F4N6O4S. The van der Waals surface area contributed by atoms with Crippen molar-refractivity contribution in [3.63, 3.8) is 0 Å². The van der Waals surface area contributed by atoms with Crippen LogP contribution in [0.2, 0.25) is 0 Å². The summed E-state index contributed by atoms with van der Waals surface area (Å²) in [5, 5.41) is 6.86. The molecule has 216 valence electrons. The number of carbonyl (C=O) groups excluding carboxylic acids is 2. The predicted octanol–water partition coefficient (Wildman–Crippen LogP) is 5.46. The molecule has 0 spiro atoms. The smallest absolute Gasteiger partial charge is 0.473 e. The number of ether oxygens (including phenoxy) is 2. The number of hydrogen-bond donors (Lipinski definition) is 1. The van der Waals surface area contributed by atoms with Gasteiger partial charge in [-0.05, 0) is 73.2 Å². The van der Waals surface area contributed by atoms with Gasteiger partial charge in [-0.1, -0.05) is 17.8 Å². The van der Waals surface area contributed by atoms with Crippen molar-refractivity contribution in [3.05, 3.63) is 84.4 Å². The number of carbonyl (C=O) groups is 2. The summed E-state index contributed by atoms with van der Waals surface area (Å²) in [4.78, 5) is 33.9. The van der Waals surface area contributed by atoms with Crippen molar-refractivity contribution in [1.82, 2.24) is 20.1 Å². The molecule has 3 amide bonds. The average molecular weight is 601 g/mol. The Kier molecular flexibility index (Phi) is 8.10. The van der Waals surface area contributed by atoms with Crippen molar-refractivity contribution >= 4 is 34.6 Å². The van der Waals surface area contributed by atoms with Gasteiger partial charge in [0.05, 0.1) is 17.1 Å². The number of benzene rings is 3. The van der Waals surface area contributed by atoms with Crippen LogP contribution >= 0.6 is 11.8 Å². The number of nitrogens with zero attached hydrogens (tertiary/aromatic N) is 5. The molecule has 1 aliphatic rings. The lowest BCUT2D eigenvalue weighted by Gasteiger charge is -2.17. The number of hydrogen-bond acceptors (Lipinski definition) is 7. The van der Waals surface area contributed by atoms with Gasteiger partial charge in [-0.25, -0.2) is 18.9 Å². The van der Waals surface area contributed by atoms with Crippen molar-refractivity contribution < 1.29 is 36.6 Å². The molecule has 3 aromatic carbocycles. The van der Waals surface area contributed by atoms with Crippen LogP contribution in [0.1, 0.15) is 5.56 Å². The van der Waals surface area contributed by atoms with Crippen molar-refractivity contribution in [2.45, 2.75) is 13.3 Å². The van der Waals surface area contributed by atoms with E-state index in [4.69, 9.17) is 4.74 Å². The summed E-state index contributed by atoms with van der Waals surface area (Å²) in [7, 11) is 0. The Hall–Kier alpha value is -4.92. The van der Waals surface area contributed by atoms with Gasteiger partial charge in [-0.15, -0.1) is 18.3 Å². The van der Waals surface area contributed by atoms with E-state index in [1.165, 1.54) is 47.4 Å². The van der Waals surface area contributed by atoms with Gasteiger partial charge >= 0.3 is 12.4 Å². The van der Waals surface area contributed by atoms with Crippen LogP contribution < -0.4 is 19.7 Å². The van der Waals surface area contributed by atoms with E-state index in [1.54, 1.807) is 37.3 Å². The first-order valence-electron chi connectivity index (χ1n) is 12.2. The van der Waals surface area contributed by atoms with Gasteiger partial charge in [0, 0.05) is 5.56 Å². The van der Waals surface area contributed by atoms with Crippen molar-refractivity contribution in [3.8, 4) is 28.6 Å². The Morgan fingerprint density at radius 2 is 1.79 bits per heavy atom. The van der Waals surface area contributed by atoms with Crippen LogP contribution in [0.25, 0.3) is 17.1 Å². The van der Waals surface area contributed by atoms with E-state index in [0.29, 0.717) is 22.8 Å². The zero-order valence-electron chi connectivity index (χ0n) is 21.6. The van der Waals surface area contributed by atoms with E-state index < -0.39 is 18.2 Å². The minimum atomic E-state index is -4.78. The summed E-state index contributed by atoms with van der Waals surface area (Å²) < 4.78 is 62.2. The number of amides is 3. The van der Waals surface area contributed by atoms with Crippen molar-refractivity contribution in [2.24, 2.45) is 4.99 Å². The highest BCUT2D eigenvalue weighted by Gasteiger charge is 2.32. The number of anilines is 1. The Balaban J connectivity index is 1.16. The normalized spacial score (nSPS) is 14.4. The monoisotopic (exact) mass is 600 g/mol. The zero-order chi connectivity index (χ0) is 29.9. The van der Waals surface area contributed by atoms with E-state index in [1.807, 2.05) is 0 Å². The lowest BCUT2D eigenvalue weighted by Crippen LogP contribution is -2.32. The van der Waals surface area contributed by atoms with E-state index in [9.17, 15) is 27.2 Å². The third-order valence-electron chi connectivity index (χ3n) is 5.71. The maximum absolute atomic E-state index is 14.3. The van der Waals surface area contributed by atoms with Crippen LogP contribution in [-0.2, 0) is 4.79 Å². The summed E-state index contributed by atoms with van der Waals surface area (Å²) >= 11 is 1.03. The highest BCUT2D eigenvalue weighted by atomic mass is 32.2. The molecule has 10 nitrogen and oxygen atoms in total. The summed E-state index contributed by atoms with van der Waals surface area (Å²) in [5.74, 6) is -0.539. The van der Waals surface area contributed by atoms with Crippen molar-refractivity contribution in [2.75, 3.05) is 17.4 Å². The van der Waals surface area contributed by atoms with E-state index >= 15 is 0 Å². The number of alkyl halides is 3. The molecule has 0 radical (unpaired) electrons. The topological polar surface area (TPSA) is 111 Å². The number of halogens is 4. The van der Waals surface area contributed by atoms with Gasteiger partial charge < -0.3 is 14.8 Å². The fourth-order valence-electron chi connectivity index (χ4n) is 3.80. The Morgan fingerprint density at radius 3 is 2.50 bits per heavy atom. The molecule has 15 heteroatoms. The third kappa shape index (κ3) is 6.86. The maximum Gasteiger partial charge on any atom is 0.573 e. The molecule has 1 N–H and O–H groups in total. The second-order valence-corrected chi connectivity index (χ2v) is 9.66. The molecule has 4 aromatic rings. The van der Waals surface area contributed by atoms with Crippen molar-refractivity contribution in [1.29, 1.82) is 0 Å². The van der Waals surface area contributed by atoms with Crippen LogP contribution in [0.3, 0.4) is 0 Å². The zero-order valence-corrected chi connectivity index (χ0v) is 22.4. The first-order chi connectivity index (χ1) is 20.1. The number of nitrogens with one attached hydrogen (secondary N) is 1. The second kappa shape index (κ2) is 11.9. The molecule has 1 fully saturated rings. The number of rotatable bonds is 7. The number of aryl methyl sites for hydroxylation is 1. The molecule has 1 saturated heterocycles. The number of thioether (sulfide) groups is 1. The summed E-state index contributed by atoms with van der Waals surface area (Å²) in [6, 6.07) is 15.4. The molecule has 0 bridgehead atoms. The fraction of sp³-hybridized carbons (Fsp3) is 0.148. The maximum atomic E-state index is 14.3. The molecule has 1 aromatic heterocycles. The van der Waals surface area contributed by atoms with Crippen LogP contribution in [0.4, 0.5) is 28.0 Å². The molecular weight excluding hydrogens is 580 g/mol. The summed E-state index contributed by atoms with van der Waals surface area (Å²) in [6.07, 6.45) is -3.36. The summed E-state index contributed by atoms with van der Waals surface area (Å²) in [5.41, 5.74) is 1.90. The van der Waals surface area contributed by atoms with Gasteiger partial charge in [-0.3, -0.25) is 9.69 Å². The standard InChI is InChI=1S/C27H20F4N6O4S/c1-16-2-11-21(28)22(12-16)37-23(38)13-42-26(37)34-25(39)33-15-40-19-7-3-17(4-8-19)24-32-14-36(35-24)18-5-9-20(10-6-18)41-27(29,30)31/h2-12,14H,13,15H2,1H3,(H,33,39). The fourth-order valence-corrected chi connectivity index (χ4v) is 4.66. The first-order valence-corrected chi connectivity index (χ1v) is 13.1. The second-order valence-electron chi connectivity index (χ2n) is 8.72. The van der Waals surface area contributed by atoms with E-state index in [2.05, 4.69) is 25.1 Å². The minimum Gasteiger partial charge on any atom is -0.473 e. The largest absolute Gasteiger partial charge is 0.573 e. The first kappa shape index (κ1) is 28.6. The molecule has 42 heavy (non-hydrogen) atoms. The molecule has 0 atom stereocenters. The van der Waals surface area contributed by atoms with Gasteiger partial charge in [0.25, 0.3) is 0 Å². The van der Waals surface area contributed by atoms with Crippen LogP contribution in [0.15, 0.2) is 78.0 Å². The molecule has 1 aliphatic heterocycles. The number of aliphatic imine (C=N–C) groups is 1. The number of urea groups is 1. The minimum absolute atomic E-state index is 0.0264. The molecule has 0 aliphatic carbocycles.